The summed E-state index contributed by atoms with van der Waals surface area (Å²) in [5.41, 5.74) is 1.09. The number of benzene rings is 1. The van der Waals surface area contributed by atoms with E-state index in [1.807, 2.05) is 0 Å². The smallest absolute Gasteiger partial charge is 0.251 e. The zero-order valence-electron chi connectivity index (χ0n) is 10.0. The van der Waals surface area contributed by atoms with Gasteiger partial charge in [-0.2, -0.15) is 0 Å². The first-order valence-corrected chi connectivity index (χ1v) is 6.52. The Kier molecular flexibility index (Phi) is 6.38. The average molecular weight is 315 g/mol. The molecule has 98 valence electrons. The molecule has 0 atom stereocenters. The number of methoxy groups -OCH3 is 1. The predicted molar refractivity (Wildman–Crippen MR) is 73.1 cm³/mol. The van der Waals surface area contributed by atoms with E-state index in [2.05, 4.69) is 26.6 Å². The first kappa shape index (κ1) is 14.7. The summed E-state index contributed by atoms with van der Waals surface area (Å²) in [6.07, 6.45) is 0. The number of hydrogen-bond donors (Lipinski definition) is 2. The van der Waals surface area contributed by atoms with E-state index >= 15 is 0 Å². The van der Waals surface area contributed by atoms with Crippen LogP contribution in [0.2, 0.25) is 0 Å². The highest BCUT2D eigenvalue weighted by atomic mass is 79.9. The Labute approximate surface area is 114 Å². The van der Waals surface area contributed by atoms with Gasteiger partial charge in [-0.05, 0) is 18.2 Å². The Morgan fingerprint density at radius 1 is 1.39 bits per heavy atom. The summed E-state index contributed by atoms with van der Waals surface area (Å²) in [5.74, 6) is -0.353. The lowest BCUT2D eigenvalue weighted by Crippen LogP contribution is -2.27. The van der Waals surface area contributed by atoms with Crippen molar-refractivity contribution in [2.45, 2.75) is 0 Å². The first-order valence-electron chi connectivity index (χ1n) is 5.40. The minimum absolute atomic E-state index is 0.160. The highest BCUT2D eigenvalue weighted by Crippen LogP contribution is 2.10. The Bertz CT molecular complexity index is 424. The van der Waals surface area contributed by atoms with Crippen LogP contribution in [0.5, 0.6) is 0 Å². The minimum Gasteiger partial charge on any atom is -0.383 e. The molecule has 2 amide bonds. The molecule has 2 N–H and O–H groups in total. The van der Waals surface area contributed by atoms with Gasteiger partial charge in [-0.25, -0.2) is 0 Å². The van der Waals surface area contributed by atoms with Gasteiger partial charge in [-0.3, -0.25) is 9.59 Å². The SMILES string of the molecule is COCCNC(=O)c1cccc(NC(=O)CBr)c1. The number of carbonyl (C=O) groups excluding carboxylic acids is 2. The van der Waals surface area contributed by atoms with E-state index in [9.17, 15) is 9.59 Å². The molecule has 0 aromatic heterocycles. The van der Waals surface area contributed by atoms with Crippen LogP contribution in [0.25, 0.3) is 0 Å². The topological polar surface area (TPSA) is 67.4 Å². The van der Waals surface area contributed by atoms with Crippen molar-refractivity contribution in [1.29, 1.82) is 0 Å². The summed E-state index contributed by atoms with van der Waals surface area (Å²) < 4.78 is 4.84. The molecule has 0 saturated heterocycles. The molecule has 5 nitrogen and oxygen atoms in total. The summed E-state index contributed by atoms with van der Waals surface area (Å²) in [6, 6.07) is 6.76. The molecule has 0 fully saturated rings. The van der Waals surface area contributed by atoms with Gasteiger partial charge in [-0.15, -0.1) is 0 Å². The van der Waals surface area contributed by atoms with Crippen LogP contribution in [-0.2, 0) is 9.53 Å². The maximum Gasteiger partial charge on any atom is 0.251 e. The van der Waals surface area contributed by atoms with Crippen molar-refractivity contribution in [3.63, 3.8) is 0 Å². The summed E-state index contributed by atoms with van der Waals surface area (Å²) in [4.78, 5) is 22.9. The van der Waals surface area contributed by atoms with Crippen LogP contribution in [0.15, 0.2) is 24.3 Å². The molecule has 0 radical (unpaired) electrons. The predicted octanol–water partition coefficient (Wildman–Crippen LogP) is 1.40. The fraction of sp³-hybridized carbons (Fsp3) is 0.333. The van der Waals surface area contributed by atoms with E-state index in [0.29, 0.717) is 24.4 Å². The summed E-state index contributed by atoms with van der Waals surface area (Å²) in [7, 11) is 1.57. The van der Waals surface area contributed by atoms with Gasteiger partial charge < -0.3 is 15.4 Å². The Morgan fingerprint density at radius 2 is 2.17 bits per heavy atom. The van der Waals surface area contributed by atoms with Gasteiger partial charge in [0.15, 0.2) is 0 Å². The second kappa shape index (κ2) is 7.84. The van der Waals surface area contributed by atoms with Crippen LogP contribution in [0.1, 0.15) is 10.4 Å². The van der Waals surface area contributed by atoms with E-state index in [-0.39, 0.29) is 17.1 Å². The van der Waals surface area contributed by atoms with Crippen LogP contribution >= 0.6 is 15.9 Å². The molecule has 0 aliphatic rings. The zero-order valence-corrected chi connectivity index (χ0v) is 11.6. The fourth-order valence-corrected chi connectivity index (χ4v) is 1.44. The Hall–Kier alpha value is -1.40. The third-order valence-corrected chi connectivity index (χ3v) is 2.63. The molecule has 6 heteroatoms. The Balaban J connectivity index is 2.63. The molecule has 0 aliphatic carbocycles. The monoisotopic (exact) mass is 314 g/mol. The summed E-state index contributed by atoms with van der Waals surface area (Å²) in [5, 5.41) is 5.59. The van der Waals surface area contributed by atoms with Crippen molar-refractivity contribution in [3.8, 4) is 0 Å². The van der Waals surface area contributed by atoms with E-state index in [4.69, 9.17) is 4.74 Å². The lowest BCUT2D eigenvalue weighted by atomic mass is 10.2. The maximum absolute atomic E-state index is 11.7. The minimum atomic E-state index is -0.193. The van der Waals surface area contributed by atoms with Gasteiger partial charge in [0.05, 0.1) is 11.9 Å². The van der Waals surface area contributed by atoms with E-state index < -0.39 is 0 Å². The van der Waals surface area contributed by atoms with Crippen LogP contribution in [0, 0.1) is 0 Å². The van der Waals surface area contributed by atoms with Gasteiger partial charge in [0.1, 0.15) is 0 Å². The van der Waals surface area contributed by atoms with Crippen LogP contribution in [0.4, 0.5) is 5.69 Å². The fourth-order valence-electron chi connectivity index (χ4n) is 1.30. The largest absolute Gasteiger partial charge is 0.383 e. The van der Waals surface area contributed by atoms with Crippen molar-refractivity contribution >= 4 is 33.4 Å². The molecule has 0 unspecified atom stereocenters. The summed E-state index contributed by atoms with van der Waals surface area (Å²) in [6.45, 7) is 0.916. The van der Waals surface area contributed by atoms with Crippen molar-refractivity contribution in [2.24, 2.45) is 0 Å². The second-order valence-corrected chi connectivity index (χ2v) is 4.07. The van der Waals surface area contributed by atoms with Crippen LogP contribution in [-0.4, -0.2) is 37.4 Å². The molecule has 18 heavy (non-hydrogen) atoms. The highest BCUT2D eigenvalue weighted by molar-refractivity contribution is 9.09. The number of rotatable bonds is 6. The molecule has 1 aromatic rings. The first-order chi connectivity index (χ1) is 8.67. The molecule has 0 bridgehead atoms. The van der Waals surface area contributed by atoms with E-state index in [0.717, 1.165) is 0 Å². The van der Waals surface area contributed by atoms with Crippen molar-refractivity contribution in [1.82, 2.24) is 5.32 Å². The van der Waals surface area contributed by atoms with Crippen molar-refractivity contribution in [3.05, 3.63) is 29.8 Å². The lowest BCUT2D eigenvalue weighted by molar-refractivity contribution is -0.113. The quantitative estimate of drug-likeness (QED) is 0.616. The molecular weight excluding hydrogens is 300 g/mol. The Morgan fingerprint density at radius 3 is 2.83 bits per heavy atom. The maximum atomic E-state index is 11.7. The number of halogens is 1. The van der Waals surface area contributed by atoms with Crippen LogP contribution in [0.3, 0.4) is 0 Å². The second-order valence-electron chi connectivity index (χ2n) is 3.51. The summed E-state index contributed by atoms with van der Waals surface area (Å²) >= 11 is 3.06. The number of amides is 2. The number of nitrogens with one attached hydrogen (secondary N) is 2. The number of alkyl halides is 1. The number of carbonyl (C=O) groups is 2. The molecule has 1 rings (SSSR count). The normalized spacial score (nSPS) is 9.89. The van der Waals surface area contributed by atoms with Gasteiger partial charge >= 0.3 is 0 Å². The van der Waals surface area contributed by atoms with Gasteiger partial charge in [-0.1, -0.05) is 22.0 Å². The average Bonchev–Trinajstić information content (AvgIpc) is 2.39. The standard InChI is InChI=1S/C12H15BrN2O3/c1-18-6-5-14-12(17)9-3-2-4-10(7-9)15-11(16)8-13/h2-4,7H,5-6,8H2,1H3,(H,14,17)(H,15,16). The number of hydrogen-bond acceptors (Lipinski definition) is 3. The van der Waals surface area contributed by atoms with Gasteiger partial charge in [0.2, 0.25) is 5.91 Å². The molecular formula is C12H15BrN2O3. The molecule has 0 saturated carbocycles. The van der Waals surface area contributed by atoms with E-state index in [1.54, 1.807) is 31.4 Å². The molecule has 1 aromatic carbocycles. The third kappa shape index (κ3) is 4.85. The third-order valence-electron chi connectivity index (χ3n) is 2.12. The zero-order chi connectivity index (χ0) is 13.4. The number of anilines is 1. The number of ether oxygens (including phenoxy) is 1. The van der Waals surface area contributed by atoms with Crippen molar-refractivity contribution in [2.75, 3.05) is 30.9 Å². The van der Waals surface area contributed by atoms with Crippen LogP contribution < -0.4 is 10.6 Å². The van der Waals surface area contributed by atoms with Gasteiger partial charge in [0.25, 0.3) is 5.91 Å². The van der Waals surface area contributed by atoms with E-state index in [1.165, 1.54) is 0 Å². The lowest BCUT2D eigenvalue weighted by Gasteiger charge is -2.07. The van der Waals surface area contributed by atoms with Gasteiger partial charge in [0, 0.05) is 24.9 Å². The molecule has 0 heterocycles. The molecule has 0 aliphatic heterocycles. The van der Waals surface area contributed by atoms with Crippen molar-refractivity contribution < 1.29 is 14.3 Å². The highest BCUT2D eigenvalue weighted by Gasteiger charge is 2.06. The molecule has 0 spiro atoms.